The zero-order valence-corrected chi connectivity index (χ0v) is 11.2. The van der Waals surface area contributed by atoms with Gasteiger partial charge in [0, 0.05) is 21.7 Å². The molecule has 4 rings (SSSR count). The molecule has 3 aromatic carbocycles. The van der Waals surface area contributed by atoms with Gasteiger partial charge in [0.25, 0.3) is 0 Å². The number of hydrogen-bond acceptors (Lipinski definition) is 2. The first-order valence-corrected chi connectivity index (χ1v) is 6.64. The zero-order valence-electron chi connectivity index (χ0n) is 11.2. The van der Waals surface area contributed by atoms with Gasteiger partial charge in [-0.1, -0.05) is 12.1 Å². The number of H-pyrrole nitrogens is 1. The van der Waals surface area contributed by atoms with Gasteiger partial charge in [-0.3, -0.25) is 0 Å². The molecule has 0 unspecified atom stereocenters. The van der Waals surface area contributed by atoms with Gasteiger partial charge in [-0.15, -0.1) is 0 Å². The molecule has 1 heterocycles. The van der Waals surface area contributed by atoms with Gasteiger partial charge in [0.1, 0.15) is 17.1 Å². The van der Waals surface area contributed by atoms with Crippen molar-refractivity contribution in [3.05, 3.63) is 53.8 Å². The number of aromatic nitrogens is 1. The minimum Gasteiger partial charge on any atom is -0.507 e. The maximum Gasteiger partial charge on any atom is 0.339 e. The Bertz CT molecular complexity index is 1080. The number of hydrogen-bond donors (Lipinski definition) is 3. The predicted octanol–water partition coefficient (Wildman–Crippen LogP) is 4.02. The van der Waals surface area contributed by atoms with Crippen LogP contribution in [0.15, 0.2) is 42.5 Å². The van der Waals surface area contributed by atoms with E-state index >= 15 is 0 Å². The highest BCUT2D eigenvalue weighted by Crippen LogP contribution is 2.34. The van der Waals surface area contributed by atoms with Crippen molar-refractivity contribution in [2.45, 2.75) is 0 Å². The molecule has 0 spiro atoms. The van der Waals surface area contributed by atoms with E-state index in [1.54, 1.807) is 12.1 Å². The van der Waals surface area contributed by atoms with Crippen LogP contribution in [0.2, 0.25) is 0 Å². The molecule has 0 amide bonds. The summed E-state index contributed by atoms with van der Waals surface area (Å²) in [5, 5.41) is 21.9. The number of rotatable bonds is 1. The van der Waals surface area contributed by atoms with Gasteiger partial charge in [0.05, 0.1) is 5.52 Å². The molecule has 1 aromatic heterocycles. The lowest BCUT2D eigenvalue weighted by Crippen LogP contribution is -1.96. The van der Waals surface area contributed by atoms with Crippen molar-refractivity contribution >= 4 is 38.5 Å². The van der Waals surface area contributed by atoms with Gasteiger partial charge >= 0.3 is 5.97 Å². The van der Waals surface area contributed by atoms with E-state index in [0.29, 0.717) is 10.8 Å². The number of nitrogens with one attached hydrogen (secondary N) is 1. The van der Waals surface area contributed by atoms with Gasteiger partial charge in [0.2, 0.25) is 0 Å². The normalized spacial score (nSPS) is 11.5. The number of aromatic amines is 1. The summed E-state index contributed by atoms with van der Waals surface area (Å²) in [6.45, 7) is 0. The highest BCUT2D eigenvalue weighted by Gasteiger charge is 2.14. The second kappa shape index (κ2) is 4.21. The SMILES string of the molecule is O=C(O)c1cc2ccc3c4cc(F)ccc4[nH]c3c2cc1O. The Morgan fingerprint density at radius 2 is 1.82 bits per heavy atom. The lowest BCUT2D eigenvalue weighted by molar-refractivity contribution is 0.0694. The molecule has 0 fully saturated rings. The van der Waals surface area contributed by atoms with E-state index in [-0.39, 0.29) is 17.1 Å². The smallest absolute Gasteiger partial charge is 0.339 e. The average Bonchev–Trinajstić information content (AvgIpc) is 2.84. The molecule has 0 aliphatic heterocycles. The first-order valence-electron chi connectivity index (χ1n) is 6.64. The molecule has 22 heavy (non-hydrogen) atoms. The summed E-state index contributed by atoms with van der Waals surface area (Å²) in [7, 11) is 0. The number of carboxylic acids is 1. The molecular formula is C17H10FNO3. The predicted molar refractivity (Wildman–Crippen MR) is 81.9 cm³/mol. The topological polar surface area (TPSA) is 73.3 Å². The Labute approximate surface area is 123 Å². The van der Waals surface area contributed by atoms with E-state index in [2.05, 4.69) is 4.98 Å². The summed E-state index contributed by atoms with van der Waals surface area (Å²) in [6.07, 6.45) is 0. The third kappa shape index (κ3) is 1.65. The Balaban J connectivity index is 2.17. The third-order valence-corrected chi connectivity index (χ3v) is 3.90. The van der Waals surface area contributed by atoms with Crippen molar-refractivity contribution < 1.29 is 19.4 Å². The number of aromatic hydroxyl groups is 1. The van der Waals surface area contributed by atoms with Crippen molar-refractivity contribution in [2.24, 2.45) is 0 Å². The van der Waals surface area contributed by atoms with Crippen LogP contribution in [0.25, 0.3) is 32.6 Å². The fraction of sp³-hybridized carbons (Fsp3) is 0. The first kappa shape index (κ1) is 12.6. The number of halogens is 1. The Hall–Kier alpha value is -3.08. The average molecular weight is 295 g/mol. The standard InChI is InChI=1S/C17H10FNO3/c18-9-2-4-14-12(6-9)10-3-1-8-5-13(17(21)22)15(20)7-11(8)16(10)19-14/h1-7,19-20H,(H,21,22). The molecule has 4 nitrogen and oxygen atoms in total. The lowest BCUT2D eigenvalue weighted by Gasteiger charge is -2.04. The van der Waals surface area contributed by atoms with Crippen molar-refractivity contribution in [1.82, 2.24) is 4.98 Å². The second-order valence-corrected chi connectivity index (χ2v) is 5.20. The number of carboxylic acid groups (broad SMARTS) is 1. The monoisotopic (exact) mass is 295 g/mol. The quantitative estimate of drug-likeness (QED) is 0.496. The maximum atomic E-state index is 13.4. The molecule has 0 saturated carbocycles. The van der Waals surface area contributed by atoms with Gasteiger partial charge in [-0.2, -0.15) is 0 Å². The van der Waals surface area contributed by atoms with Crippen molar-refractivity contribution in [3.8, 4) is 5.75 Å². The van der Waals surface area contributed by atoms with Gasteiger partial charge in [-0.25, -0.2) is 9.18 Å². The summed E-state index contributed by atoms with van der Waals surface area (Å²) in [4.78, 5) is 14.3. The summed E-state index contributed by atoms with van der Waals surface area (Å²) < 4.78 is 13.4. The molecule has 0 saturated heterocycles. The fourth-order valence-electron chi connectivity index (χ4n) is 2.87. The van der Waals surface area contributed by atoms with E-state index in [1.807, 2.05) is 6.07 Å². The van der Waals surface area contributed by atoms with Crippen LogP contribution in [0.1, 0.15) is 10.4 Å². The second-order valence-electron chi connectivity index (χ2n) is 5.20. The van der Waals surface area contributed by atoms with E-state index in [9.17, 15) is 14.3 Å². The number of carbonyl (C=O) groups is 1. The van der Waals surface area contributed by atoms with Gasteiger partial charge in [-0.05, 0) is 35.7 Å². The van der Waals surface area contributed by atoms with E-state index in [0.717, 1.165) is 21.8 Å². The van der Waals surface area contributed by atoms with Crippen molar-refractivity contribution in [2.75, 3.05) is 0 Å². The van der Waals surface area contributed by atoms with Crippen LogP contribution in [0.4, 0.5) is 4.39 Å². The molecule has 108 valence electrons. The number of phenols is 1. The summed E-state index contributed by atoms with van der Waals surface area (Å²) >= 11 is 0. The van der Waals surface area contributed by atoms with Crippen LogP contribution in [-0.4, -0.2) is 21.2 Å². The molecule has 0 aliphatic carbocycles. The fourth-order valence-corrected chi connectivity index (χ4v) is 2.87. The molecule has 4 aromatic rings. The highest BCUT2D eigenvalue weighted by molar-refractivity contribution is 6.17. The summed E-state index contributed by atoms with van der Waals surface area (Å²) in [5.41, 5.74) is 1.38. The molecule has 3 N–H and O–H groups in total. The van der Waals surface area contributed by atoms with Crippen LogP contribution < -0.4 is 0 Å². The molecule has 0 aliphatic rings. The van der Waals surface area contributed by atoms with Crippen LogP contribution in [0.3, 0.4) is 0 Å². The largest absolute Gasteiger partial charge is 0.507 e. The van der Waals surface area contributed by atoms with Crippen LogP contribution in [0, 0.1) is 5.82 Å². The van der Waals surface area contributed by atoms with Crippen molar-refractivity contribution in [3.63, 3.8) is 0 Å². The molecule has 0 radical (unpaired) electrons. The van der Waals surface area contributed by atoms with Crippen molar-refractivity contribution in [1.29, 1.82) is 0 Å². The first-order chi connectivity index (χ1) is 10.5. The van der Waals surface area contributed by atoms with E-state index < -0.39 is 5.97 Å². The van der Waals surface area contributed by atoms with Gasteiger partial charge in [0.15, 0.2) is 0 Å². The van der Waals surface area contributed by atoms with Gasteiger partial charge < -0.3 is 15.2 Å². The summed E-state index contributed by atoms with van der Waals surface area (Å²) in [6, 6.07) is 10.9. The maximum absolute atomic E-state index is 13.4. The molecule has 0 bridgehead atoms. The molecule has 0 atom stereocenters. The van der Waals surface area contributed by atoms with E-state index in [1.165, 1.54) is 24.3 Å². The highest BCUT2D eigenvalue weighted by atomic mass is 19.1. The van der Waals surface area contributed by atoms with Crippen LogP contribution in [0.5, 0.6) is 5.75 Å². The minimum atomic E-state index is -1.18. The summed E-state index contributed by atoms with van der Waals surface area (Å²) in [5.74, 6) is -1.80. The van der Waals surface area contributed by atoms with E-state index in [4.69, 9.17) is 5.11 Å². The molecule has 5 heteroatoms. The van der Waals surface area contributed by atoms with Crippen LogP contribution >= 0.6 is 0 Å². The lowest BCUT2D eigenvalue weighted by atomic mass is 10.0. The Morgan fingerprint density at radius 1 is 1.00 bits per heavy atom. The molecular weight excluding hydrogens is 285 g/mol. The number of aromatic carboxylic acids is 1. The number of fused-ring (bicyclic) bond motifs is 5. The number of benzene rings is 3. The Kier molecular flexibility index (Phi) is 2.42. The Morgan fingerprint density at radius 3 is 2.59 bits per heavy atom. The third-order valence-electron chi connectivity index (χ3n) is 3.90. The zero-order chi connectivity index (χ0) is 15.4. The minimum absolute atomic E-state index is 0.144. The van der Waals surface area contributed by atoms with Crippen LogP contribution in [-0.2, 0) is 0 Å².